The van der Waals surface area contributed by atoms with Gasteiger partial charge in [-0.05, 0) is 38.0 Å². The molecule has 106 valence electrons. The molecule has 0 aliphatic carbocycles. The largest absolute Gasteiger partial charge is 0.396 e. The Morgan fingerprint density at radius 1 is 1.37 bits per heavy atom. The van der Waals surface area contributed by atoms with E-state index in [1.165, 1.54) is 0 Å². The van der Waals surface area contributed by atoms with Crippen molar-refractivity contribution in [3.63, 3.8) is 0 Å². The third-order valence-electron chi connectivity index (χ3n) is 3.04. The Morgan fingerprint density at radius 3 is 2.58 bits per heavy atom. The maximum atomic E-state index is 11.9. The smallest absolute Gasteiger partial charge is 0.319 e. The highest BCUT2D eigenvalue weighted by molar-refractivity contribution is 6.42. The molecule has 0 saturated carbocycles. The predicted octanol–water partition coefficient (Wildman–Crippen LogP) is 3.67. The van der Waals surface area contributed by atoms with Gasteiger partial charge >= 0.3 is 6.03 Å². The lowest BCUT2D eigenvalue weighted by Gasteiger charge is -2.29. The first kappa shape index (κ1) is 16.1. The minimum Gasteiger partial charge on any atom is -0.396 e. The van der Waals surface area contributed by atoms with Crippen LogP contribution in [0.15, 0.2) is 18.2 Å². The van der Waals surface area contributed by atoms with Gasteiger partial charge in [-0.2, -0.15) is 0 Å². The quantitative estimate of drug-likeness (QED) is 0.777. The van der Waals surface area contributed by atoms with Crippen LogP contribution in [0.2, 0.25) is 10.0 Å². The fraction of sp³-hybridized carbons (Fsp3) is 0.462. The van der Waals surface area contributed by atoms with Crippen LogP contribution in [-0.4, -0.2) is 23.3 Å². The minimum absolute atomic E-state index is 0.0252. The fourth-order valence-corrected chi connectivity index (χ4v) is 1.88. The summed E-state index contributed by atoms with van der Waals surface area (Å²) in [4.78, 5) is 11.9. The number of hydrogen-bond donors (Lipinski definition) is 3. The minimum atomic E-state index is -0.435. The highest BCUT2D eigenvalue weighted by atomic mass is 35.5. The van der Waals surface area contributed by atoms with Gasteiger partial charge in [-0.15, -0.1) is 0 Å². The number of urea groups is 1. The zero-order valence-electron chi connectivity index (χ0n) is 11.0. The first-order valence-corrected chi connectivity index (χ1v) is 6.81. The molecule has 4 nitrogen and oxygen atoms in total. The van der Waals surface area contributed by atoms with Crippen LogP contribution in [0, 0.1) is 0 Å². The van der Waals surface area contributed by atoms with Crippen molar-refractivity contribution >= 4 is 34.9 Å². The Bertz CT molecular complexity index is 454. The number of halogens is 2. The van der Waals surface area contributed by atoms with Gasteiger partial charge in [0.05, 0.1) is 10.0 Å². The molecule has 6 heteroatoms. The second-order valence-corrected chi connectivity index (χ2v) is 5.41. The van der Waals surface area contributed by atoms with E-state index < -0.39 is 5.54 Å². The van der Waals surface area contributed by atoms with E-state index in [1.54, 1.807) is 18.2 Å². The average molecular weight is 305 g/mol. The van der Waals surface area contributed by atoms with Gasteiger partial charge in [0.25, 0.3) is 0 Å². The Balaban J connectivity index is 2.66. The number of carbonyl (C=O) groups excluding carboxylic acids is 1. The molecule has 0 heterocycles. The van der Waals surface area contributed by atoms with Crippen LogP contribution in [0.25, 0.3) is 0 Å². The SMILES string of the molecule is CCC(C)(CCO)NC(=O)Nc1ccc(Cl)c(Cl)c1. The first-order chi connectivity index (χ1) is 8.90. The second-order valence-electron chi connectivity index (χ2n) is 4.60. The molecule has 0 spiro atoms. The van der Waals surface area contributed by atoms with Crippen molar-refractivity contribution in [3.8, 4) is 0 Å². The van der Waals surface area contributed by atoms with Gasteiger partial charge in [0.2, 0.25) is 0 Å². The van der Waals surface area contributed by atoms with Crippen LogP contribution in [0.5, 0.6) is 0 Å². The van der Waals surface area contributed by atoms with Crippen molar-refractivity contribution in [2.45, 2.75) is 32.2 Å². The van der Waals surface area contributed by atoms with Gasteiger partial charge in [-0.3, -0.25) is 0 Å². The summed E-state index contributed by atoms with van der Waals surface area (Å²) in [6, 6.07) is 4.53. The molecule has 0 aliphatic heterocycles. The number of benzene rings is 1. The Hall–Kier alpha value is -0.970. The number of anilines is 1. The summed E-state index contributed by atoms with van der Waals surface area (Å²) >= 11 is 11.7. The van der Waals surface area contributed by atoms with Gasteiger partial charge in [-0.1, -0.05) is 30.1 Å². The molecule has 0 radical (unpaired) electrons. The molecule has 1 unspecified atom stereocenters. The lowest BCUT2D eigenvalue weighted by Crippen LogP contribution is -2.48. The zero-order valence-corrected chi connectivity index (χ0v) is 12.5. The molecule has 0 saturated heterocycles. The highest BCUT2D eigenvalue weighted by Gasteiger charge is 2.23. The van der Waals surface area contributed by atoms with Gasteiger partial charge in [0.1, 0.15) is 0 Å². The van der Waals surface area contributed by atoms with Crippen LogP contribution in [-0.2, 0) is 0 Å². The summed E-state index contributed by atoms with van der Waals surface area (Å²) in [6.07, 6.45) is 1.22. The van der Waals surface area contributed by atoms with Crippen molar-refractivity contribution in [3.05, 3.63) is 28.2 Å². The summed E-state index contributed by atoms with van der Waals surface area (Å²) in [5.41, 5.74) is 0.129. The lowest BCUT2D eigenvalue weighted by atomic mass is 9.95. The molecule has 1 aromatic carbocycles. The van der Waals surface area contributed by atoms with Crippen LogP contribution in [0.4, 0.5) is 10.5 Å². The molecular weight excluding hydrogens is 287 g/mol. The summed E-state index contributed by atoms with van der Waals surface area (Å²) in [7, 11) is 0. The molecule has 1 rings (SSSR count). The van der Waals surface area contributed by atoms with Crippen molar-refractivity contribution in [1.29, 1.82) is 0 Å². The number of aliphatic hydroxyl groups excluding tert-OH is 1. The Labute approximate surface area is 123 Å². The maximum absolute atomic E-state index is 11.9. The molecule has 19 heavy (non-hydrogen) atoms. The number of amides is 2. The third-order valence-corrected chi connectivity index (χ3v) is 3.78. The van der Waals surface area contributed by atoms with Gasteiger partial charge < -0.3 is 15.7 Å². The van der Waals surface area contributed by atoms with E-state index >= 15 is 0 Å². The average Bonchev–Trinajstić information content (AvgIpc) is 2.34. The van der Waals surface area contributed by atoms with Crippen molar-refractivity contribution in [2.24, 2.45) is 0 Å². The predicted molar refractivity (Wildman–Crippen MR) is 79.0 cm³/mol. The number of nitrogens with one attached hydrogen (secondary N) is 2. The molecule has 0 aliphatic rings. The number of rotatable bonds is 5. The molecular formula is C13H18Cl2N2O2. The van der Waals surface area contributed by atoms with Crippen LogP contribution in [0.3, 0.4) is 0 Å². The van der Waals surface area contributed by atoms with Crippen molar-refractivity contribution in [2.75, 3.05) is 11.9 Å². The number of carbonyl (C=O) groups is 1. The summed E-state index contributed by atoms with van der Waals surface area (Å²) < 4.78 is 0. The lowest BCUT2D eigenvalue weighted by molar-refractivity contribution is 0.208. The molecule has 3 N–H and O–H groups in total. The van der Waals surface area contributed by atoms with E-state index in [-0.39, 0.29) is 12.6 Å². The molecule has 0 aromatic heterocycles. The molecule has 1 atom stereocenters. The van der Waals surface area contributed by atoms with E-state index in [2.05, 4.69) is 10.6 Å². The molecule has 0 bridgehead atoms. The van der Waals surface area contributed by atoms with E-state index in [1.807, 2.05) is 13.8 Å². The van der Waals surface area contributed by atoms with E-state index in [0.29, 0.717) is 22.2 Å². The highest BCUT2D eigenvalue weighted by Crippen LogP contribution is 2.25. The fourth-order valence-electron chi connectivity index (χ4n) is 1.58. The Kier molecular flexibility index (Phi) is 5.91. The third kappa shape index (κ3) is 4.90. The number of aliphatic hydroxyl groups is 1. The monoisotopic (exact) mass is 304 g/mol. The van der Waals surface area contributed by atoms with E-state index in [9.17, 15) is 4.79 Å². The standard InChI is InChI=1S/C13H18Cl2N2O2/c1-3-13(2,6-7-18)17-12(19)16-9-4-5-10(14)11(15)8-9/h4-5,8,18H,3,6-7H2,1-2H3,(H2,16,17,19). The van der Waals surface area contributed by atoms with Crippen LogP contribution in [0.1, 0.15) is 26.7 Å². The first-order valence-electron chi connectivity index (χ1n) is 6.05. The van der Waals surface area contributed by atoms with E-state index in [0.717, 1.165) is 6.42 Å². The van der Waals surface area contributed by atoms with Crippen LogP contribution < -0.4 is 10.6 Å². The van der Waals surface area contributed by atoms with Gasteiger partial charge in [0, 0.05) is 17.8 Å². The normalized spacial score (nSPS) is 13.7. The molecule has 1 aromatic rings. The molecule has 0 fully saturated rings. The van der Waals surface area contributed by atoms with Crippen molar-refractivity contribution < 1.29 is 9.90 Å². The Morgan fingerprint density at radius 2 is 2.05 bits per heavy atom. The summed E-state index contributed by atoms with van der Waals surface area (Å²) in [5.74, 6) is 0. The van der Waals surface area contributed by atoms with Crippen molar-refractivity contribution in [1.82, 2.24) is 5.32 Å². The van der Waals surface area contributed by atoms with Crippen LogP contribution >= 0.6 is 23.2 Å². The number of hydrogen-bond acceptors (Lipinski definition) is 2. The topological polar surface area (TPSA) is 61.4 Å². The summed E-state index contributed by atoms with van der Waals surface area (Å²) in [5, 5.41) is 15.3. The zero-order chi connectivity index (χ0) is 14.5. The second kappa shape index (κ2) is 6.98. The molecule has 2 amide bonds. The van der Waals surface area contributed by atoms with Gasteiger partial charge in [0.15, 0.2) is 0 Å². The maximum Gasteiger partial charge on any atom is 0.319 e. The van der Waals surface area contributed by atoms with E-state index in [4.69, 9.17) is 28.3 Å². The summed E-state index contributed by atoms with van der Waals surface area (Å²) in [6.45, 7) is 3.87. The van der Waals surface area contributed by atoms with Gasteiger partial charge in [-0.25, -0.2) is 4.79 Å².